The molecule has 28 heavy (non-hydrogen) atoms. The van der Waals surface area contributed by atoms with Gasteiger partial charge in [-0.2, -0.15) is 0 Å². The summed E-state index contributed by atoms with van der Waals surface area (Å²) in [5.41, 5.74) is 4.56. The number of likely N-dealkylation sites (tertiary alicyclic amines) is 1. The zero-order valence-corrected chi connectivity index (χ0v) is 15.4. The summed E-state index contributed by atoms with van der Waals surface area (Å²) in [5, 5.41) is 0. The van der Waals surface area contributed by atoms with Gasteiger partial charge in [0.2, 0.25) is 0 Å². The van der Waals surface area contributed by atoms with Crippen LogP contribution in [0.25, 0.3) is 22.3 Å². The number of carbonyl (C=O) groups excluding carboxylic acids is 1. The van der Waals surface area contributed by atoms with E-state index >= 15 is 0 Å². The number of hydrogen-bond acceptors (Lipinski definition) is 3. The molecule has 0 radical (unpaired) electrons. The molecular formula is C23H20N4O. The van der Waals surface area contributed by atoms with Crippen LogP contribution in [0.5, 0.6) is 0 Å². The molecular weight excluding hydrogens is 348 g/mol. The van der Waals surface area contributed by atoms with Crippen LogP contribution in [0.3, 0.4) is 0 Å². The molecule has 0 aliphatic carbocycles. The Morgan fingerprint density at radius 1 is 1.00 bits per heavy atom. The number of carbonyl (C=O) groups is 1. The summed E-state index contributed by atoms with van der Waals surface area (Å²) in [6.45, 7) is 0.753. The summed E-state index contributed by atoms with van der Waals surface area (Å²) in [7, 11) is 0. The largest absolute Gasteiger partial charge is 0.340 e. The maximum Gasteiger partial charge on any atom is 0.254 e. The Balaban J connectivity index is 1.41. The van der Waals surface area contributed by atoms with Crippen LogP contribution in [0.15, 0.2) is 72.9 Å². The molecule has 5 rings (SSSR count). The van der Waals surface area contributed by atoms with Gasteiger partial charge >= 0.3 is 0 Å². The maximum atomic E-state index is 13.2. The highest BCUT2D eigenvalue weighted by molar-refractivity contribution is 5.95. The number of nitrogens with zero attached hydrogens (tertiary/aromatic N) is 3. The van der Waals surface area contributed by atoms with Gasteiger partial charge in [0.25, 0.3) is 5.91 Å². The monoisotopic (exact) mass is 368 g/mol. The minimum absolute atomic E-state index is 0.00429. The van der Waals surface area contributed by atoms with E-state index in [1.807, 2.05) is 71.6 Å². The van der Waals surface area contributed by atoms with Gasteiger partial charge < -0.3 is 9.88 Å². The van der Waals surface area contributed by atoms with E-state index in [9.17, 15) is 4.79 Å². The second-order valence-corrected chi connectivity index (χ2v) is 7.09. The van der Waals surface area contributed by atoms with E-state index in [-0.39, 0.29) is 11.9 Å². The van der Waals surface area contributed by atoms with Gasteiger partial charge in [-0.1, -0.05) is 30.3 Å². The number of imidazole rings is 1. The Bertz CT molecular complexity index is 1090. The van der Waals surface area contributed by atoms with Crippen molar-refractivity contribution in [3.63, 3.8) is 0 Å². The Morgan fingerprint density at radius 3 is 2.61 bits per heavy atom. The Morgan fingerprint density at radius 2 is 1.82 bits per heavy atom. The molecule has 2 aromatic heterocycles. The third kappa shape index (κ3) is 2.95. The number of fused-ring (bicyclic) bond motifs is 1. The quantitative estimate of drug-likeness (QED) is 0.575. The molecule has 0 unspecified atom stereocenters. The predicted molar refractivity (Wildman–Crippen MR) is 109 cm³/mol. The number of nitrogens with one attached hydrogen (secondary N) is 1. The van der Waals surface area contributed by atoms with E-state index in [4.69, 9.17) is 4.98 Å². The number of benzene rings is 2. The first-order chi connectivity index (χ1) is 13.8. The highest BCUT2D eigenvalue weighted by Crippen LogP contribution is 2.33. The SMILES string of the molecule is O=C(c1ccc(-c2ccccn2)cc1)N1CCC[C@H]1c1nc2ccccc2[nH]1. The maximum absolute atomic E-state index is 13.2. The first kappa shape index (κ1) is 16.7. The Kier molecular flexibility index (Phi) is 4.13. The standard InChI is InChI=1S/C23H20N4O/c28-23(17-12-10-16(11-13-17)18-6-3-4-14-24-18)27-15-5-9-21(27)22-25-19-7-1-2-8-20(19)26-22/h1-4,6-8,10-14,21H,5,9,15H2,(H,25,26)/t21-/m0/s1. The van der Waals surface area contributed by atoms with Crippen LogP contribution in [-0.4, -0.2) is 32.3 Å². The Hall–Kier alpha value is -3.47. The third-order valence-electron chi connectivity index (χ3n) is 5.33. The van der Waals surface area contributed by atoms with Crippen LogP contribution in [-0.2, 0) is 0 Å². The molecule has 2 aromatic carbocycles. The summed E-state index contributed by atoms with van der Waals surface area (Å²) >= 11 is 0. The van der Waals surface area contributed by atoms with Crippen LogP contribution in [0.4, 0.5) is 0 Å². The minimum atomic E-state index is -0.00429. The fraction of sp³-hybridized carbons (Fsp3) is 0.174. The Labute approximate surface area is 163 Å². The molecule has 1 atom stereocenters. The molecule has 1 fully saturated rings. The van der Waals surface area contributed by atoms with Crippen molar-refractivity contribution < 1.29 is 4.79 Å². The second-order valence-electron chi connectivity index (χ2n) is 7.09. The molecule has 0 bridgehead atoms. The van der Waals surface area contributed by atoms with Crippen LogP contribution in [0, 0.1) is 0 Å². The lowest BCUT2D eigenvalue weighted by atomic mass is 10.1. The van der Waals surface area contributed by atoms with E-state index in [1.54, 1.807) is 6.20 Å². The molecule has 4 aromatic rings. The number of para-hydroxylation sites is 2. The zero-order chi connectivity index (χ0) is 18.9. The first-order valence-electron chi connectivity index (χ1n) is 9.57. The van der Waals surface area contributed by atoms with Gasteiger partial charge in [-0.15, -0.1) is 0 Å². The highest BCUT2D eigenvalue weighted by Gasteiger charge is 2.32. The molecule has 1 aliphatic rings. The van der Waals surface area contributed by atoms with Crippen molar-refractivity contribution in [2.45, 2.75) is 18.9 Å². The van der Waals surface area contributed by atoms with Crippen LogP contribution < -0.4 is 0 Å². The normalized spacial score (nSPS) is 16.6. The van der Waals surface area contributed by atoms with E-state index < -0.39 is 0 Å². The number of rotatable bonds is 3. The van der Waals surface area contributed by atoms with Crippen molar-refractivity contribution in [1.82, 2.24) is 19.9 Å². The average Bonchev–Trinajstić information content (AvgIpc) is 3.41. The van der Waals surface area contributed by atoms with Crippen LogP contribution in [0.1, 0.15) is 35.1 Å². The van der Waals surface area contributed by atoms with Gasteiger partial charge in [-0.25, -0.2) is 4.98 Å². The van der Waals surface area contributed by atoms with E-state index in [0.717, 1.165) is 47.5 Å². The van der Waals surface area contributed by atoms with Gasteiger partial charge in [-0.05, 0) is 49.2 Å². The number of aromatic amines is 1. The summed E-state index contributed by atoms with van der Waals surface area (Å²) < 4.78 is 0. The predicted octanol–water partition coefficient (Wildman–Crippen LogP) is 4.60. The fourth-order valence-electron chi connectivity index (χ4n) is 3.91. The molecule has 5 nitrogen and oxygen atoms in total. The molecule has 3 heterocycles. The van der Waals surface area contributed by atoms with Crippen molar-refractivity contribution in [3.05, 3.63) is 84.3 Å². The van der Waals surface area contributed by atoms with Crippen molar-refractivity contribution in [3.8, 4) is 11.3 Å². The highest BCUT2D eigenvalue weighted by atomic mass is 16.2. The van der Waals surface area contributed by atoms with Crippen molar-refractivity contribution in [2.24, 2.45) is 0 Å². The number of pyridine rings is 1. The van der Waals surface area contributed by atoms with Gasteiger partial charge in [0.05, 0.1) is 22.8 Å². The summed E-state index contributed by atoms with van der Waals surface area (Å²) in [6, 6.07) is 21.5. The molecule has 5 heteroatoms. The number of aromatic nitrogens is 3. The first-order valence-corrected chi connectivity index (χ1v) is 9.57. The third-order valence-corrected chi connectivity index (χ3v) is 5.33. The van der Waals surface area contributed by atoms with E-state index in [1.165, 1.54) is 0 Å². The van der Waals surface area contributed by atoms with Crippen molar-refractivity contribution >= 4 is 16.9 Å². The van der Waals surface area contributed by atoms with Crippen molar-refractivity contribution in [2.75, 3.05) is 6.54 Å². The molecule has 1 saturated heterocycles. The number of H-pyrrole nitrogens is 1. The van der Waals surface area contributed by atoms with Gasteiger partial charge in [0.15, 0.2) is 0 Å². The smallest absolute Gasteiger partial charge is 0.254 e. The summed E-state index contributed by atoms with van der Waals surface area (Å²) in [6.07, 6.45) is 3.69. The molecule has 1 amide bonds. The molecule has 1 aliphatic heterocycles. The zero-order valence-electron chi connectivity index (χ0n) is 15.4. The summed E-state index contributed by atoms with van der Waals surface area (Å²) in [5.74, 6) is 0.924. The lowest BCUT2D eigenvalue weighted by Crippen LogP contribution is -2.31. The fourth-order valence-corrected chi connectivity index (χ4v) is 3.91. The van der Waals surface area contributed by atoms with Gasteiger partial charge in [-0.3, -0.25) is 9.78 Å². The minimum Gasteiger partial charge on any atom is -0.340 e. The van der Waals surface area contributed by atoms with Crippen LogP contribution in [0.2, 0.25) is 0 Å². The van der Waals surface area contributed by atoms with E-state index in [0.29, 0.717) is 5.56 Å². The number of amides is 1. The average molecular weight is 368 g/mol. The molecule has 0 saturated carbocycles. The summed E-state index contributed by atoms with van der Waals surface area (Å²) in [4.78, 5) is 27.6. The molecule has 0 spiro atoms. The van der Waals surface area contributed by atoms with Crippen LogP contribution >= 0.6 is 0 Å². The topological polar surface area (TPSA) is 61.9 Å². The lowest BCUT2D eigenvalue weighted by Gasteiger charge is -2.23. The van der Waals surface area contributed by atoms with Gasteiger partial charge in [0.1, 0.15) is 5.82 Å². The second kappa shape index (κ2) is 6.93. The van der Waals surface area contributed by atoms with Crippen molar-refractivity contribution in [1.29, 1.82) is 0 Å². The number of hydrogen-bond donors (Lipinski definition) is 1. The van der Waals surface area contributed by atoms with E-state index in [2.05, 4.69) is 9.97 Å². The van der Waals surface area contributed by atoms with Gasteiger partial charge in [0, 0.05) is 23.9 Å². The lowest BCUT2D eigenvalue weighted by molar-refractivity contribution is 0.0730. The molecule has 1 N–H and O–H groups in total. The molecule has 138 valence electrons.